The lowest BCUT2D eigenvalue weighted by molar-refractivity contribution is -0.378. The fraction of sp³-hybridized carbons (Fsp3) is 0.921. The number of carbonyl (C=O) groups excluding carboxylic acids is 1. The predicted molar refractivity (Wildman–Crippen MR) is 186 cm³/mol. The second kappa shape index (κ2) is 15.6. The summed E-state index contributed by atoms with van der Waals surface area (Å²) >= 11 is 0. The predicted octanol–water partition coefficient (Wildman–Crippen LogP) is -2.94. The summed E-state index contributed by atoms with van der Waals surface area (Å²) in [4.78, 5) is 14.1. The molecule has 21 atom stereocenters. The minimum atomic E-state index is -1.81. The van der Waals surface area contributed by atoms with Crippen LogP contribution in [-0.4, -0.2) is 180 Å². The number of aliphatic hydroxyl groups is 11. The summed E-state index contributed by atoms with van der Waals surface area (Å²) in [5, 5.41) is 114. The summed E-state index contributed by atoms with van der Waals surface area (Å²) in [7, 11) is 0. The van der Waals surface area contributed by atoms with Crippen LogP contribution in [0.1, 0.15) is 71.6 Å². The maximum atomic E-state index is 14.1. The van der Waals surface area contributed by atoms with Crippen LogP contribution in [0, 0.1) is 28.1 Å². The van der Waals surface area contributed by atoms with E-state index in [1.54, 1.807) is 0 Å². The van der Waals surface area contributed by atoms with Crippen LogP contribution >= 0.6 is 0 Å². The monoisotopic (exact) mass is 804 g/mol. The third kappa shape index (κ3) is 6.69. The van der Waals surface area contributed by atoms with E-state index in [2.05, 4.69) is 13.5 Å². The van der Waals surface area contributed by atoms with Gasteiger partial charge >= 0.3 is 5.97 Å². The Hall–Kier alpha value is -1.43. The van der Waals surface area contributed by atoms with Crippen LogP contribution in [0.2, 0.25) is 0 Å². The van der Waals surface area contributed by atoms with Crippen molar-refractivity contribution >= 4 is 5.97 Å². The Morgan fingerprint density at radius 2 is 1.21 bits per heavy atom. The Bertz CT molecular complexity index is 1450. The minimum absolute atomic E-state index is 0.121. The van der Waals surface area contributed by atoms with E-state index in [9.17, 15) is 61.0 Å². The first-order chi connectivity index (χ1) is 26.4. The van der Waals surface area contributed by atoms with Crippen LogP contribution in [0.15, 0.2) is 12.2 Å². The van der Waals surface area contributed by atoms with Gasteiger partial charge in [0.25, 0.3) is 0 Å². The first-order valence-electron chi connectivity index (χ1n) is 19.9. The van der Waals surface area contributed by atoms with Gasteiger partial charge in [0.1, 0.15) is 73.2 Å². The molecule has 3 heterocycles. The first-order valence-corrected chi connectivity index (χ1v) is 19.9. The number of aliphatic hydroxyl groups excluding tert-OH is 11. The number of carbonyl (C=O) groups is 1. The van der Waals surface area contributed by atoms with Gasteiger partial charge in [0.15, 0.2) is 12.6 Å². The van der Waals surface area contributed by atoms with Crippen molar-refractivity contribution in [1.29, 1.82) is 0 Å². The summed E-state index contributed by atoms with van der Waals surface area (Å²) in [6, 6.07) is 0. The molecule has 56 heavy (non-hydrogen) atoms. The third-order valence-electron chi connectivity index (χ3n) is 15.0. The van der Waals surface area contributed by atoms with E-state index < -0.39 is 129 Å². The van der Waals surface area contributed by atoms with Gasteiger partial charge in [-0.2, -0.15) is 0 Å². The van der Waals surface area contributed by atoms with Gasteiger partial charge in [0, 0.05) is 0 Å². The Kier molecular flexibility index (Phi) is 11.9. The van der Waals surface area contributed by atoms with Crippen molar-refractivity contribution < 1.29 is 89.4 Å². The summed E-state index contributed by atoms with van der Waals surface area (Å²) in [6.07, 6.45) is -17.8. The van der Waals surface area contributed by atoms with Crippen molar-refractivity contribution in [2.75, 3.05) is 19.8 Å². The average Bonchev–Trinajstić information content (AvgIpc) is 3.37. The molecule has 7 rings (SSSR count). The Labute approximate surface area is 324 Å². The van der Waals surface area contributed by atoms with Gasteiger partial charge < -0.3 is 84.6 Å². The van der Waals surface area contributed by atoms with Crippen LogP contribution in [0.3, 0.4) is 0 Å². The Morgan fingerprint density at radius 3 is 1.82 bits per heavy atom. The SMILES string of the molecule is C=C1C[C@@]23CC[C@@H]4C(C)(C(=O)O[C@@H]5O[C@H](CO)[C@@H](O)[C@H](O)[C@H]5O)CCC[C@@]4(C)[C@@H]2CC[C@]1(O[C@@H]1O[C@H](CO)[C@@H](O)[C@H](O)[C@H]1O[C@@H]1O[C@H](CO)[C@@H](O)[C@H](O)[C@H]1O)C3. The maximum absolute atomic E-state index is 14.1. The highest BCUT2D eigenvalue weighted by atomic mass is 16.8. The van der Waals surface area contributed by atoms with Gasteiger partial charge in [-0.15, -0.1) is 0 Å². The molecule has 1 unspecified atom stereocenters. The van der Waals surface area contributed by atoms with Gasteiger partial charge in [-0.05, 0) is 86.5 Å². The van der Waals surface area contributed by atoms with Crippen molar-refractivity contribution in [2.45, 2.75) is 169 Å². The average molecular weight is 805 g/mol. The van der Waals surface area contributed by atoms with Crippen molar-refractivity contribution in [3.05, 3.63) is 12.2 Å². The molecule has 18 nitrogen and oxygen atoms in total. The molecule has 0 aromatic rings. The van der Waals surface area contributed by atoms with Crippen LogP contribution in [0.4, 0.5) is 0 Å². The molecule has 0 aromatic heterocycles. The van der Waals surface area contributed by atoms with Gasteiger partial charge in [0.2, 0.25) is 6.29 Å². The summed E-state index contributed by atoms with van der Waals surface area (Å²) in [6.45, 7) is 6.52. The summed E-state index contributed by atoms with van der Waals surface area (Å²) < 4.78 is 35.6. The number of hydrogen-bond donors (Lipinski definition) is 11. The number of ether oxygens (including phenoxy) is 6. The summed E-state index contributed by atoms with van der Waals surface area (Å²) in [5.74, 6) is -0.591. The van der Waals surface area contributed by atoms with Crippen LogP contribution < -0.4 is 0 Å². The number of esters is 1. The molecule has 7 fully saturated rings. The normalized spacial score (nSPS) is 54.6. The van der Waals surface area contributed by atoms with E-state index in [-0.39, 0.29) is 22.7 Å². The Morgan fingerprint density at radius 1 is 0.679 bits per heavy atom. The molecule has 1 spiro atoms. The van der Waals surface area contributed by atoms with E-state index in [1.165, 1.54) is 0 Å². The van der Waals surface area contributed by atoms with Crippen molar-refractivity contribution in [2.24, 2.45) is 28.1 Å². The molecule has 320 valence electrons. The quantitative estimate of drug-likeness (QED) is 0.0631. The zero-order valence-corrected chi connectivity index (χ0v) is 31.8. The van der Waals surface area contributed by atoms with Crippen molar-refractivity contribution in [3.8, 4) is 0 Å². The fourth-order valence-electron chi connectivity index (χ4n) is 12.0. The fourth-order valence-corrected chi connectivity index (χ4v) is 12.0. The van der Waals surface area contributed by atoms with E-state index in [0.29, 0.717) is 44.9 Å². The lowest BCUT2D eigenvalue weighted by Gasteiger charge is -2.64. The molecule has 3 aliphatic heterocycles. The largest absolute Gasteiger partial charge is 0.432 e. The number of rotatable bonds is 9. The molecule has 0 amide bonds. The maximum Gasteiger partial charge on any atom is 0.314 e. The van der Waals surface area contributed by atoms with Gasteiger partial charge in [-0.25, -0.2) is 0 Å². The van der Waals surface area contributed by atoms with Crippen molar-refractivity contribution in [1.82, 2.24) is 0 Å². The number of hydrogen-bond acceptors (Lipinski definition) is 18. The highest BCUT2D eigenvalue weighted by molar-refractivity contribution is 5.77. The smallest absolute Gasteiger partial charge is 0.314 e. The molecule has 3 saturated heterocycles. The second-order valence-electron chi connectivity index (χ2n) is 18.0. The zero-order chi connectivity index (χ0) is 40.7. The molecule has 4 aliphatic carbocycles. The molecule has 11 N–H and O–H groups in total. The van der Waals surface area contributed by atoms with Crippen molar-refractivity contribution in [3.63, 3.8) is 0 Å². The van der Waals surface area contributed by atoms with Gasteiger partial charge in [-0.3, -0.25) is 4.79 Å². The number of fused-ring (bicyclic) bond motifs is 3. The van der Waals surface area contributed by atoms with Crippen LogP contribution in [-0.2, 0) is 33.2 Å². The van der Waals surface area contributed by atoms with E-state index in [4.69, 9.17) is 28.4 Å². The van der Waals surface area contributed by atoms with E-state index in [0.717, 1.165) is 18.4 Å². The standard InChI is InChI=1S/C38H60O18/c1-16-11-37-9-5-20-35(2,7-4-8-36(20,3)34(50)55-32-29(49)26(46)23(43)18(13-40)52-32)21(37)6-10-38(16,15-37)56-33-30(27(47)24(44)19(14-41)53-33)54-31-28(48)25(45)22(42)17(12-39)51-31/h17-33,39-49H,1,4-15H2,2-3H3/t17-,18-,19-,20+,21+,22-,23-,24-,25+,26+,27+,28-,29-,30-,31+,32+,33+,35-,36?,37-,38+/m1/s1. The van der Waals surface area contributed by atoms with Crippen LogP contribution in [0.5, 0.6) is 0 Å². The molecule has 0 aromatic carbocycles. The zero-order valence-electron chi connectivity index (χ0n) is 31.8. The highest BCUT2D eigenvalue weighted by Crippen LogP contribution is 2.73. The summed E-state index contributed by atoms with van der Waals surface area (Å²) in [5.41, 5.74) is -1.80. The van der Waals surface area contributed by atoms with Gasteiger partial charge in [0.05, 0.1) is 30.8 Å². The molecular weight excluding hydrogens is 744 g/mol. The third-order valence-corrected chi connectivity index (χ3v) is 15.0. The van der Waals surface area contributed by atoms with Crippen LogP contribution in [0.25, 0.3) is 0 Å². The van der Waals surface area contributed by atoms with E-state index >= 15 is 0 Å². The molecule has 18 heteroatoms. The molecule has 0 radical (unpaired) electrons. The van der Waals surface area contributed by atoms with Gasteiger partial charge in [-0.1, -0.05) is 19.9 Å². The second-order valence-corrected chi connectivity index (χ2v) is 18.0. The molecule has 7 aliphatic rings. The minimum Gasteiger partial charge on any atom is -0.432 e. The topological polar surface area (TPSA) is 295 Å². The lowest BCUT2D eigenvalue weighted by Crippen LogP contribution is -2.65. The molecule has 4 saturated carbocycles. The van der Waals surface area contributed by atoms with E-state index in [1.807, 2.05) is 6.92 Å². The molecule has 2 bridgehead atoms. The Balaban J connectivity index is 1.10. The highest BCUT2D eigenvalue weighted by Gasteiger charge is 2.69. The lowest BCUT2D eigenvalue weighted by atomic mass is 9.41. The first kappa shape index (κ1) is 42.7. The molecular formula is C38H60O18.